The number of hydrogen-bond acceptors (Lipinski definition) is 3. The van der Waals surface area contributed by atoms with E-state index in [1.165, 1.54) is 5.69 Å². The molecule has 0 radical (unpaired) electrons. The number of benzene rings is 1. The average molecular weight is 235 g/mol. The molecule has 0 atom stereocenters. The lowest BCUT2D eigenvalue weighted by atomic mass is 10.3. The first-order chi connectivity index (χ1) is 8.09. The Hall–Kier alpha value is -1.64. The molecule has 0 saturated heterocycles. The minimum atomic E-state index is 0.658. The van der Waals surface area contributed by atoms with E-state index in [2.05, 4.69) is 11.5 Å². The van der Waals surface area contributed by atoms with E-state index in [0.717, 1.165) is 17.9 Å². The van der Waals surface area contributed by atoms with Crippen molar-refractivity contribution in [2.24, 2.45) is 0 Å². The van der Waals surface area contributed by atoms with Gasteiger partial charge in [-0.05, 0) is 31.2 Å². The van der Waals surface area contributed by atoms with Crippen LogP contribution in [0.3, 0.4) is 0 Å². The first kappa shape index (κ1) is 13.4. The van der Waals surface area contributed by atoms with E-state index in [-0.39, 0.29) is 0 Å². The van der Waals surface area contributed by atoms with Crippen LogP contribution in [0.15, 0.2) is 36.6 Å². The maximum Gasteiger partial charge on any atom is 0.119 e. The fraction of sp³-hybridized carbons (Fsp3) is 0.429. The summed E-state index contributed by atoms with van der Waals surface area (Å²) in [5, 5.41) is 0. The third-order valence-electron chi connectivity index (χ3n) is 2.26. The first-order valence-electron chi connectivity index (χ1n) is 5.78. The monoisotopic (exact) mass is 235 g/mol. The molecule has 94 valence electrons. The van der Waals surface area contributed by atoms with Gasteiger partial charge in [0.15, 0.2) is 0 Å². The summed E-state index contributed by atoms with van der Waals surface area (Å²) in [5.41, 5.74) is 1.17. The van der Waals surface area contributed by atoms with Crippen molar-refractivity contribution in [3.63, 3.8) is 0 Å². The number of allylic oxidation sites excluding steroid dienone is 1. The smallest absolute Gasteiger partial charge is 0.119 e. The Bertz CT molecular complexity index is 344. The van der Waals surface area contributed by atoms with Crippen LogP contribution in [0.25, 0.3) is 0 Å². The Morgan fingerprint density at radius 3 is 2.35 bits per heavy atom. The molecule has 0 aliphatic heterocycles. The van der Waals surface area contributed by atoms with Crippen molar-refractivity contribution >= 4 is 5.69 Å². The molecular weight excluding hydrogens is 214 g/mol. The second kappa shape index (κ2) is 6.84. The standard InChI is InChI=1S/C14H21NO2/c1-12(2)16-10-5-11-17-14-8-6-13(7-9-14)15(3)4/h6-9H,1,5,10-11H2,2-4H3. The zero-order chi connectivity index (χ0) is 12.7. The van der Waals surface area contributed by atoms with Crippen molar-refractivity contribution in [2.75, 3.05) is 32.2 Å². The third kappa shape index (κ3) is 5.29. The van der Waals surface area contributed by atoms with Gasteiger partial charge < -0.3 is 14.4 Å². The normalized spacial score (nSPS) is 9.82. The van der Waals surface area contributed by atoms with Crippen LogP contribution >= 0.6 is 0 Å². The maximum atomic E-state index is 5.59. The van der Waals surface area contributed by atoms with E-state index in [0.29, 0.717) is 13.2 Å². The molecule has 1 aromatic carbocycles. The molecule has 3 nitrogen and oxygen atoms in total. The quantitative estimate of drug-likeness (QED) is 0.535. The van der Waals surface area contributed by atoms with Gasteiger partial charge in [-0.25, -0.2) is 0 Å². The topological polar surface area (TPSA) is 21.7 Å². The summed E-state index contributed by atoms with van der Waals surface area (Å²) >= 11 is 0. The van der Waals surface area contributed by atoms with Gasteiger partial charge in [0, 0.05) is 26.2 Å². The van der Waals surface area contributed by atoms with Gasteiger partial charge in [-0.3, -0.25) is 0 Å². The van der Waals surface area contributed by atoms with Crippen LogP contribution in [0.2, 0.25) is 0 Å². The number of rotatable bonds is 7. The number of anilines is 1. The summed E-state index contributed by atoms with van der Waals surface area (Å²) < 4.78 is 10.8. The molecule has 0 spiro atoms. The first-order valence-corrected chi connectivity index (χ1v) is 5.78. The second-order valence-electron chi connectivity index (χ2n) is 4.14. The molecule has 0 amide bonds. The van der Waals surface area contributed by atoms with Gasteiger partial charge in [0.2, 0.25) is 0 Å². The van der Waals surface area contributed by atoms with Gasteiger partial charge in [0.25, 0.3) is 0 Å². The molecule has 17 heavy (non-hydrogen) atoms. The molecule has 0 heterocycles. The highest BCUT2D eigenvalue weighted by atomic mass is 16.5. The lowest BCUT2D eigenvalue weighted by Gasteiger charge is -2.13. The van der Waals surface area contributed by atoms with E-state index in [9.17, 15) is 0 Å². The highest BCUT2D eigenvalue weighted by Gasteiger charge is 1.97. The van der Waals surface area contributed by atoms with Crippen molar-refractivity contribution in [1.29, 1.82) is 0 Å². The molecule has 0 fully saturated rings. The van der Waals surface area contributed by atoms with Gasteiger partial charge in [-0.15, -0.1) is 0 Å². The predicted molar refractivity (Wildman–Crippen MR) is 71.6 cm³/mol. The summed E-state index contributed by atoms with van der Waals surface area (Å²) in [5.74, 6) is 1.64. The lowest BCUT2D eigenvalue weighted by molar-refractivity contribution is 0.185. The van der Waals surface area contributed by atoms with Crippen LogP contribution in [0.4, 0.5) is 5.69 Å². The zero-order valence-corrected chi connectivity index (χ0v) is 10.9. The molecule has 0 unspecified atom stereocenters. The van der Waals surface area contributed by atoms with Crippen LogP contribution in [0.1, 0.15) is 13.3 Å². The average Bonchev–Trinajstić information content (AvgIpc) is 2.29. The Morgan fingerprint density at radius 2 is 1.82 bits per heavy atom. The SMILES string of the molecule is C=C(C)OCCCOc1ccc(N(C)C)cc1. The van der Waals surface area contributed by atoms with Crippen molar-refractivity contribution in [2.45, 2.75) is 13.3 Å². The number of ether oxygens (including phenoxy) is 2. The van der Waals surface area contributed by atoms with Gasteiger partial charge in [-0.1, -0.05) is 6.58 Å². The molecule has 0 saturated carbocycles. The molecule has 3 heteroatoms. The van der Waals surface area contributed by atoms with Crippen LogP contribution in [-0.2, 0) is 4.74 Å². The Kier molecular flexibility index (Phi) is 5.40. The molecular formula is C14H21NO2. The van der Waals surface area contributed by atoms with Crippen LogP contribution in [0, 0.1) is 0 Å². The van der Waals surface area contributed by atoms with Gasteiger partial charge in [-0.2, -0.15) is 0 Å². The number of nitrogens with zero attached hydrogens (tertiary/aromatic N) is 1. The summed E-state index contributed by atoms with van der Waals surface area (Å²) in [6.45, 7) is 6.84. The molecule has 0 aliphatic carbocycles. The summed E-state index contributed by atoms with van der Waals surface area (Å²) in [6, 6.07) is 8.04. The van der Waals surface area contributed by atoms with E-state index in [1.807, 2.05) is 45.3 Å². The Balaban J connectivity index is 2.25. The molecule has 1 rings (SSSR count). The van der Waals surface area contributed by atoms with Crippen LogP contribution in [0.5, 0.6) is 5.75 Å². The van der Waals surface area contributed by atoms with E-state index in [4.69, 9.17) is 9.47 Å². The summed E-state index contributed by atoms with van der Waals surface area (Å²) in [4.78, 5) is 2.06. The molecule has 0 aliphatic rings. The van der Waals surface area contributed by atoms with E-state index >= 15 is 0 Å². The van der Waals surface area contributed by atoms with Gasteiger partial charge in [0.1, 0.15) is 5.75 Å². The highest BCUT2D eigenvalue weighted by molar-refractivity contribution is 5.47. The third-order valence-corrected chi connectivity index (χ3v) is 2.26. The Labute approximate surface area is 104 Å². The second-order valence-corrected chi connectivity index (χ2v) is 4.14. The molecule has 1 aromatic rings. The maximum absolute atomic E-state index is 5.59. The molecule has 0 bridgehead atoms. The highest BCUT2D eigenvalue weighted by Crippen LogP contribution is 2.17. The minimum absolute atomic E-state index is 0.658. The van der Waals surface area contributed by atoms with Gasteiger partial charge >= 0.3 is 0 Å². The van der Waals surface area contributed by atoms with E-state index < -0.39 is 0 Å². The minimum Gasteiger partial charge on any atom is -0.499 e. The van der Waals surface area contributed by atoms with E-state index in [1.54, 1.807) is 0 Å². The zero-order valence-electron chi connectivity index (χ0n) is 10.9. The fourth-order valence-electron chi connectivity index (χ4n) is 1.34. The van der Waals surface area contributed by atoms with Gasteiger partial charge in [0.05, 0.1) is 19.0 Å². The van der Waals surface area contributed by atoms with Crippen LogP contribution in [-0.4, -0.2) is 27.3 Å². The van der Waals surface area contributed by atoms with Crippen molar-refractivity contribution in [3.05, 3.63) is 36.6 Å². The predicted octanol–water partition coefficient (Wildman–Crippen LogP) is 3.07. The molecule has 0 aromatic heterocycles. The van der Waals surface area contributed by atoms with Crippen LogP contribution < -0.4 is 9.64 Å². The largest absolute Gasteiger partial charge is 0.499 e. The van der Waals surface area contributed by atoms with Crippen molar-refractivity contribution in [1.82, 2.24) is 0 Å². The summed E-state index contributed by atoms with van der Waals surface area (Å²) in [6.07, 6.45) is 0.863. The Morgan fingerprint density at radius 1 is 1.18 bits per heavy atom. The fourth-order valence-corrected chi connectivity index (χ4v) is 1.34. The van der Waals surface area contributed by atoms with Crippen molar-refractivity contribution in [3.8, 4) is 5.75 Å². The number of hydrogen-bond donors (Lipinski definition) is 0. The molecule has 0 N–H and O–H groups in total. The van der Waals surface area contributed by atoms with Crippen molar-refractivity contribution < 1.29 is 9.47 Å². The summed E-state index contributed by atoms with van der Waals surface area (Å²) in [7, 11) is 4.04. The lowest BCUT2D eigenvalue weighted by Crippen LogP contribution is -2.08.